The maximum Gasteiger partial charge on any atom is 0.311 e. The third kappa shape index (κ3) is 4.60. The van der Waals surface area contributed by atoms with Crippen LogP contribution >= 0.6 is 0 Å². The van der Waals surface area contributed by atoms with Gasteiger partial charge in [-0.25, -0.2) is 4.98 Å². The van der Waals surface area contributed by atoms with Crippen LogP contribution in [-0.2, 0) is 11.2 Å². The van der Waals surface area contributed by atoms with Crippen molar-refractivity contribution in [2.45, 2.75) is 13.3 Å². The van der Waals surface area contributed by atoms with Crippen LogP contribution in [0.4, 0.5) is 11.5 Å². The third-order valence-electron chi connectivity index (χ3n) is 4.17. The number of rotatable bonds is 8. The molecular formula is C17H22N6O4. The fraction of sp³-hybridized carbons (Fsp3) is 0.353. The van der Waals surface area contributed by atoms with Crippen LogP contribution < -0.4 is 10.6 Å². The van der Waals surface area contributed by atoms with E-state index in [0.29, 0.717) is 24.3 Å². The molecule has 0 atom stereocenters. The van der Waals surface area contributed by atoms with E-state index < -0.39 is 10.8 Å². The van der Waals surface area contributed by atoms with Crippen LogP contribution in [0.3, 0.4) is 0 Å². The van der Waals surface area contributed by atoms with E-state index in [2.05, 4.69) is 9.97 Å². The van der Waals surface area contributed by atoms with E-state index in [9.17, 15) is 19.7 Å². The van der Waals surface area contributed by atoms with Gasteiger partial charge in [-0.15, -0.1) is 0 Å². The highest BCUT2D eigenvalue weighted by Crippen LogP contribution is 2.23. The molecule has 2 rings (SSSR count). The molecule has 0 aliphatic heterocycles. The van der Waals surface area contributed by atoms with E-state index in [1.165, 1.54) is 23.2 Å². The molecule has 0 unspecified atom stereocenters. The lowest BCUT2D eigenvalue weighted by Crippen LogP contribution is -2.36. The number of nitrogens with one attached hydrogen (secondary N) is 1. The molecule has 27 heavy (non-hydrogen) atoms. The van der Waals surface area contributed by atoms with Crippen molar-refractivity contribution < 1.29 is 14.5 Å². The zero-order chi connectivity index (χ0) is 20.1. The molecular weight excluding hydrogens is 352 g/mol. The largest absolute Gasteiger partial charge is 0.369 e. The standard InChI is InChI=1S/C17H22N6O4/c1-11-10-20-12(9-14(18)24)15(11)17(25)22(3)8-7-21(2)16-13(23(26)27)5-4-6-19-16/h4-6,10,20H,7-9H2,1-3H3,(H2,18,24). The lowest BCUT2D eigenvalue weighted by Gasteiger charge is -2.23. The van der Waals surface area contributed by atoms with Gasteiger partial charge in [0.25, 0.3) is 5.91 Å². The second kappa shape index (κ2) is 8.30. The zero-order valence-electron chi connectivity index (χ0n) is 15.4. The number of nitro groups is 1. The van der Waals surface area contributed by atoms with E-state index in [-0.39, 0.29) is 23.8 Å². The first kappa shape index (κ1) is 19.9. The summed E-state index contributed by atoms with van der Waals surface area (Å²) in [6.45, 7) is 2.42. The second-order valence-electron chi connectivity index (χ2n) is 6.22. The normalized spacial score (nSPS) is 10.5. The second-order valence-corrected chi connectivity index (χ2v) is 6.22. The number of hydrogen-bond acceptors (Lipinski definition) is 6. The Morgan fingerprint density at radius 3 is 2.67 bits per heavy atom. The summed E-state index contributed by atoms with van der Waals surface area (Å²) in [5.41, 5.74) is 6.75. The fourth-order valence-corrected chi connectivity index (χ4v) is 2.71. The number of nitrogens with two attached hydrogens (primary N) is 1. The predicted octanol–water partition coefficient (Wildman–Crippen LogP) is 0.863. The van der Waals surface area contributed by atoms with Crippen LogP contribution in [-0.4, -0.2) is 58.8 Å². The van der Waals surface area contributed by atoms with E-state index in [0.717, 1.165) is 5.56 Å². The quantitative estimate of drug-likeness (QED) is 0.519. The van der Waals surface area contributed by atoms with E-state index in [1.807, 2.05) is 0 Å². The fourth-order valence-electron chi connectivity index (χ4n) is 2.71. The molecule has 0 saturated heterocycles. The number of anilines is 1. The Labute approximate surface area is 156 Å². The van der Waals surface area contributed by atoms with Crippen molar-refractivity contribution >= 4 is 23.3 Å². The number of primary amides is 1. The average Bonchev–Trinajstić information content (AvgIpc) is 2.98. The SMILES string of the molecule is Cc1c[nH]c(CC(N)=O)c1C(=O)N(C)CCN(C)c1ncccc1[N+](=O)[O-]. The molecule has 0 spiro atoms. The van der Waals surface area contributed by atoms with Crippen molar-refractivity contribution in [3.8, 4) is 0 Å². The molecule has 2 amide bonds. The number of H-pyrrole nitrogens is 1. The van der Waals surface area contributed by atoms with Crippen LogP contribution in [0.1, 0.15) is 21.6 Å². The summed E-state index contributed by atoms with van der Waals surface area (Å²) >= 11 is 0. The number of aromatic nitrogens is 2. The Kier molecular flexibility index (Phi) is 6.11. The van der Waals surface area contributed by atoms with Crippen molar-refractivity contribution in [1.82, 2.24) is 14.9 Å². The highest BCUT2D eigenvalue weighted by atomic mass is 16.6. The molecule has 2 heterocycles. The lowest BCUT2D eigenvalue weighted by molar-refractivity contribution is -0.384. The Morgan fingerprint density at radius 2 is 2.04 bits per heavy atom. The lowest BCUT2D eigenvalue weighted by atomic mass is 10.1. The number of carbonyl (C=O) groups is 2. The van der Waals surface area contributed by atoms with Crippen molar-refractivity contribution in [3.05, 3.63) is 51.5 Å². The number of nitrogens with zero attached hydrogens (tertiary/aromatic N) is 4. The molecule has 10 heteroatoms. The zero-order valence-corrected chi connectivity index (χ0v) is 15.4. The van der Waals surface area contributed by atoms with Gasteiger partial charge < -0.3 is 20.5 Å². The van der Waals surface area contributed by atoms with Crippen molar-refractivity contribution in [3.63, 3.8) is 0 Å². The number of aryl methyl sites for hydroxylation is 1. The van der Waals surface area contributed by atoms with Gasteiger partial charge in [-0.3, -0.25) is 19.7 Å². The van der Waals surface area contributed by atoms with Gasteiger partial charge in [-0.1, -0.05) is 0 Å². The number of aromatic amines is 1. The van der Waals surface area contributed by atoms with Crippen LogP contribution in [0.2, 0.25) is 0 Å². The molecule has 0 aromatic carbocycles. The molecule has 0 radical (unpaired) electrons. The molecule has 0 bridgehead atoms. The smallest absolute Gasteiger partial charge is 0.311 e. The first-order valence-corrected chi connectivity index (χ1v) is 8.23. The minimum absolute atomic E-state index is 0.0528. The van der Waals surface area contributed by atoms with Gasteiger partial charge in [-0.2, -0.15) is 0 Å². The summed E-state index contributed by atoms with van der Waals surface area (Å²) in [6, 6.07) is 2.88. The number of hydrogen-bond donors (Lipinski definition) is 2. The van der Waals surface area contributed by atoms with Crippen molar-refractivity contribution in [1.29, 1.82) is 0 Å². The third-order valence-corrected chi connectivity index (χ3v) is 4.17. The molecule has 10 nitrogen and oxygen atoms in total. The van der Waals surface area contributed by atoms with Crippen LogP contribution in [0.15, 0.2) is 24.5 Å². The molecule has 3 N–H and O–H groups in total. The van der Waals surface area contributed by atoms with Gasteiger partial charge >= 0.3 is 5.69 Å². The van der Waals surface area contributed by atoms with Crippen molar-refractivity contribution in [2.75, 3.05) is 32.1 Å². The summed E-state index contributed by atoms with van der Waals surface area (Å²) in [5.74, 6) is -0.555. The summed E-state index contributed by atoms with van der Waals surface area (Å²) in [4.78, 5) is 44.7. The average molecular weight is 374 g/mol. The van der Waals surface area contributed by atoms with E-state index >= 15 is 0 Å². The minimum Gasteiger partial charge on any atom is -0.369 e. The summed E-state index contributed by atoms with van der Waals surface area (Å²) in [5, 5.41) is 11.1. The van der Waals surface area contributed by atoms with Gasteiger partial charge in [0.05, 0.1) is 16.9 Å². The Morgan fingerprint density at radius 1 is 1.33 bits per heavy atom. The maximum atomic E-state index is 12.8. The molecule has 0 aliphatic rings. The molecule has 0 saturated carbocycles. The number of amides is 2. The van der Waals surface area contributed by atoms with Crippen LogP contribution in [0.5, 0.6) is 0 Å². The predicted molar refractivity (Wildman–Crippen MR) is 99.6 cm³/mol. The first-order valence-electron chi connectivity index (χ1n) is 8.23. The first-order chi connectivity index (χ1) is 12.7. The Bertz CT molecular complexity index is 863. The molecule has 2 aromatic rings. The topological polar surface area (TPSA) is 138 Å². The van der Waals surface area contributed by atoms with E-state index in [4.69, 9.17) is 5.73 Å². The summed E-state index contributed by atoms with van der Waals surface area (Å²) in [7, 11) is 3.30. The number of likely N-dealkylation sites (N-methyl/N-ethyl adjacent to an activating group) is 2. The minimum atomic E-state index is -0.532. The van der Waals surface area contributed by atoms with Gasteiger partial charge in [0, 0.05) is 51.3 Å². The Hall–Kier alpha value is -3.43. The number of carbonyl (C=O) groups excluding carboxylic acids is 2. The highest BCUT2D eigenvalue weighted by Gasteiger charge is 2.22. The molecule has 2 aromatic heterocycles. The van der Waals surface area contributed by atoms with Crippen LogP contribution in [0.25, 0.3) is 0 Å². The molecule has 144 valence electrons. The van der Waals surface area contributed by atoms with Crippen LogP contribution in [0, 0.1) is 17.0 Å². The van der Waals surface area contributed by atoms with Gasteiger partial charge in [-0.05, 0) is 18.6 Å². The number of pyridine rings is 1. The highest BCUT2D eigenvalue weighted by molar-refractivity contribution is 5.98. The van der Waals surface area contributed by atoms with Gasteiger partial charge in [0.1, 0.15) is 0 Å². The maximum absolute atomic E-state index is 12.8. The molecule has 0 aliphatic carbocycles. The Balaban J connectivity index is 2.09. The van der Waals surface area contributed by atoms with Gasteiger partial charge in [0.15, 0.2) is 0 Å². The monoisotopic (exact) mass is 374 g/mol. The summed E-state index contributed by atoms with van der Waals surface area (Å²) in [6.07, 6.45) is 3.08. The van der Waals surface area contributed by atoms with Gasteiger partial charge in [0.2, 0.25) is 11.7 Å². The summed E-state index contributed by atoms with van der Waals surface area (Å²) < 4.78 is 0. The van der Waals surface area contributed by atoms with Crippen molar-refractivity contribution in [2.24, 2.45) is 5.73 Å². The molecule has 0 fully saturated rings. The van der Waals surface area contributed by atoms with E-state index in [1.54, 1.807) is 32.1 Å².